The van der Waals surface area contributed by atoms with Crippen molar-refractivity contribution in [2.75, 3.05) is 49.6 Å². The summed E-state index contributed by atoms with van der Waals surface area (Å²) < 4.78 is 7.20. The van der Waals surface area contributed by atoms with Crippen LogP contribution in [0.4, 0.5) is 10.8 Å². The van der Waals surface area contributed by atoms with Gasteiger partial charge in [-0.2, -0.15) is 0 Å². The van der Waals surface area contributed by atoms with E-state index in [0.717, 1.165) is 61.0 Å². The quantitative estimate of drug-likeness (QED) is 0.144. The number of morpholine rings is 1. The molecule has 0 saturated carbocycles. The van der Waals surface area contributed by atoms with Crippen LogP contribution in [0.1, 0.15) is 83.1 Å². The van der Waals surface area contributed by atoms with E-state index in [1.165, 1.54) is 0 Å². The Hall–Kier alpha value is -4.43. The van der Waals surface area contributed by atoms with Crippen molar-refractivity contribution in [3.8, 4) is 5.82 Å². The maximum atomic E-state index is 13.0. The normalized spacial score (nSPS) is 14.5. The summed E-state index contributed by atoms with van der Waals surface area (Å²) in [6.45, 7) is 4.73. The van der Waals surface area contributed by atoms with Crippen LogP contribution < -0.4 is 15.5 Å². The maximum absolute atomic E-state index is 13.0. The molecule has 4 amide bonds. The first kappa shape index (κ1) is 32.0. The number of carbonyl (C=O) groups is 5. The number of amides is 4. The number of imidazole rings is 1. The van der Waals surface area contributed by atoms with E-state index in [0.29, 0.717) is 37.6 Å². The zero-order valence-corrected chi connectivity index (χ0v) is 26.1. The smallest absolute Gasteiger partial charge is 0.264 e. The Morgan fingerprint density at radius 3 is 2.58 bits per heavy atom. The van der Waals surface area contributed by atoms with E-state index in [2.05, 4.69) is 20.5 Å². The number of ketones is 1. The summed E-state index contributed by atoms with van der Waals surface area (Å²) in [7, 11) is 0. The molecule has 1 saturated heterocycles. The van der Waals surface area contributed by atoms with Gasteiger partial charge >= 0.3 is 0 Å². The van der Waals surface area contributed by atoms with Crippen LogP contribution in [0, 0.1) is 0 Å². The molecule has 1 aromatic carbocycles. The first-order valence-electron chi connectivity index (χ1n) is 15.3. The Morgan fingerprint density at radius 2 is 1.78 bits per heavy atom. The number of ether oxygens (including phenoxy) is 1. The average molecular weight is 636 g/mol. The van der Waals surface area contributed by atoms with Crippen molar-refractivity contribution in [3.05, 3.63) is 52.9 Å². The van der Waals surface area contributed by atoms with E-state index in [9.17, 15) is 24.0 Å². The molecule has 0 spiro atoms. The van der Waals surface area contributed by atoms with Gasteiger partial charge in [-0.05, 0) is 25.0 Å². The maximum Gasteiger partial charge on any atom is 0.264 e. The number of thiazole rings is 1. The van der Waals surface area contributed by atoms with Gasteiger partial charge in [0.15, 0.2) is 16.7 Å². The molecule has 238 valence electrons. The first-order chi connectivity index (χ1) is 21.9. The van der Waals surface area contributed by atoms with Gasteiger partial charge in [-0.1, -0.05) is 32.3 Å². The van der Waals surface area contributed by atoms with Crippen LogP contribution in [0.25, 0.3) is 5.82 Å². The molecule has 45 heavy (non-hydrogen) atoms. The van der Waals surface area contributed by atoms with Gasteiger partial charge in [0.1, 0.15) is 18.6 Å². The van der Waals surface area contributed by atoms with E-state index < -0.39 is 30.2 Å². The van der Waals surface area contributed by atoms with Crippen molar-refractivity contribution in [1.29, 1.82) is 0 Å². The van der Waals surface area contributed by atoms with Crippen molar-refractivity contribution >= 4 is 51.6 Å². The number of nitrogens with one attached hydrogen (secondary N) is 2. The van der Waals surface area contributed by atoms with Crippen LogP contribution in [0.5, 0.6) is 0 Å². The minimum Gasteiger partial charge on any atom is -0.384 e. The molecule has 0 unspecified atom stereocenters. The highest BCUT2D eigenvalue weighted by atomic mass is 32.1. The molecule has 0 atom stereocenters. The van der Waals surface area contributed by atoms with E-state index in [1.807, 2.05) is 5.38 Å². The van der Waals surface area contributed by atoms with Crippen LogP contribution in [-0.2, 0) is 14.3 Å². The van der Waals surface area contributed by atoms with Gasteiger partial charge < -0.3 is 15.0 Å². The minimum atomic E-state index is -0.698. The summed E-state index contributed by atoms with van der Waals surface area (Å²) in [6, 6.07) is 4.98. The number of benzene rings is 1. The number of hydrogen-bond acceptors (Lipinski definition) is 11. The molecule has 13 nitrogen and oxygen atoms in total. The van der Waals surface area contributed by atoms with Crippen LogP contribution in [-0.4, -0.2) is 88.2 Å². The molecule has 5 rings (SSSR count). The number of imide groups is 2. The number of fused-ring (bicyclic) bond motifs is 1. The summed E-state index contributed by atoms with van der Waals surface area (Å²) in [5.74, 6) is -1.52. The number of carbonyl (C=O) groups excluding carboxylic acids is 5. The third kappa shape index (κ3) is 7.81. The van der Waals surface area contributed by atoms with Gasteiger partial charge in [-0.25, -0.2) is 9.97 Å². The van der Waals surface area contributed by atoms with E-state index in [-0.39, 0.29) is 23.3 Å². The Balaban J connectivity index is 1.00. The summed E-state index contributed by atoms with van der Waals surface area (Å²) >= 11 is 1.57. The van der Waals surface area contributed by atoms with Gasteiger partial charge in [0, 0.05) is 49.7 Å². The highest BCUT2D eigenvalue weighted by Gasteiger charge is 2.38. The lowest BCUT2D eigenvalue weighted by atomic mass is 10.1. The average Bonchev–Trinajstić information content (AvgIpc) is 3.79. The largest absolute Gasteiger partial charge is 0.384 e. The minimum absolute atomic E-state index is 0.0136. The summed E-state index contributed by atoms with van der Waals surface area (Å²) in [5, 5.41) is 8.32. The molecule has 1 fully saturated rings. The second-order valence-electron chi connectivity index (χ2n) is 10.9. The molecule has 0 bridgehead atoms. The fourth-order valence-corrected chi connectivity index (χ4v) is 6.07. The van der Waals surface area contributed by atoms with Crippen molar-refractivity contribution in [2.24, 2.45) is 0 Å². The van der Waals surface area contributed by atoms with Crippen LogP contribution in [0.3, 0.4) is 0 Å². The van der Waals surface area contributed by atoms with Crippen LogP contribution in [0.15, 0.2) is 36.1 Å². The Labute approximate surface area is 265 Å². The molecular weight excluding hydrogens is 598 g/mol. The molecule has 3 aromatic rings. The van der Waals surface area contributed by atoms with Crippen molar-refractivity contribution < 1.29 is 28.7 Å². The molecule has 2 aliphatic rings. The fourth-order valence-electron chi connectivity index (χ4n) is 5.21. The number of anilines is 2. The van der Waals surface area contributed by atoms with E-state index in [1.54, 1.807) is 53.6 Å². The molecule has 2 aromatic heterocycles. The molecule has 4 heterocycles. The number of aromatic nitrogens is 3. The highest BCUT2D eigenvalue weighted by Crippen LogP contribution is 2.29. The highest BCUT2D eigenvalue weighted by molar-refractivity contribution is 7.14. The standard InChI is InChI=1S/C31H37N7O6S/c1-2-26(40)35-27(41)18-38-29(42)21-9-8-10-22(28(21)30(38)43)32-12-7-5-3-4-6-11-24(39)23-17-37(20-33-23)25-19-45-31(34-25)36-13-15-44-16-14-36/h8-10,17,19-20,32H,2-7,11-16,18H2,1H3,(H,35,40,41). The Bertz CT molecular complexity index is 1560. The number of hydrogen-bond donors (Lipinski definition) is 2. The van der Waals surface area contributed by atoms with Gasteiger partial charge in [0.25, 0.3) is 11.8 Å². The Kier molecular flexibility index (Phi) is 10.7. The number of Topliss-reactive ketones (excluding diaryl/α,β-unsaturated/α-hetero) is 1. The van der Waals surface area contributed by atoms with Crippen LogP contribution in [0.2, 0.25) is 0 Å². The lowest BCUT2D eigenvalue weighted by molar-refractivity contribution is -0.130. The predicted molar refractivity (Wildman–Crippen MR) is 168 cm³/mol. The monoisotopic (exact) mass is 635 g/mol. The fraction of sp³-hybridized carbons (Fsp3) is 0.452. The molecular formula is C31H37N7O6S. The lowest BCUT2D eigenvalue weighted by Gasteiger charge is -2.25. The molecule has 0 aliphatic carbocycles. The summed E-state index contributed by atoms with van der Waals surface area (Å²) in [5.41, 5.74) is 1.46. The third-order valence-corrected chi connectivity index (χ3v) is 8.58. The van der Waals surface area contributed by atoms with Gasteiger partial charge in [-0.15, -0.1) is 11.3 Å². The number of unbranched alkanes of at least 4 members (excludes halogenated alkanes) is 4. The van der Waals surface area contributed by atoms with Crippen molar-refractivity contribution in [3.63, 3.8) is 0 Å². The van der Waals surface area contributed by atoms with Gasteiger partial charge in [0.2, 0.25) is 11.8 Å². The summed E-state index contributed by atoms with van der Waals surface area (Å²) in [4.78, 5) is 74.1. The van der Waals surface area contributed by atoms with Crippen molar-refractivity contribution in [1.82, 2.24) is 24.8 Å². The second kappa shape index (κ2) is 15.0. The first-order valence-corrected chi connectivity index (χ1v) is 16.1. The zero-order valence-electron chi connectivity index (χ0n) is 25.3. The molecule has 2 aliphatic heterocycles. The van der Waals surface area contributed by atoms with Crippen LogP contribution >= 0.6 is 11.3 Å². The second-order valence-corrected chi connectivity index (χ2v) is 11.7. The Morgan fingerprint density at radius 1 is 1.00 bits per heavy atom. The van der Waals surface area contributed by atoms with Crippen molar-refractivity contribution in [2.45, 2.75) is 51.9 Å². The third-order valence-electron chi connectivity index (χ3n) is 7.69. The van der Waals surface area contributed by atoms with E-state index >= 15 is 0 Å². The zero-order chi connectivity index (χ0) is 31.8. The topological polar surface area (TPSA) is 156 Å². The molecule has 0 radical (unpaired) electrons. The molecule has 2 N–H and O–H groups in total. The number of nitrogens with zero attached hydrogens (tertiary/aromatic N) is 5. The number of rotatable bonds is 15. The van der Waals surface area contributed by atoms with Gasteiger partial charge in [0.05, 0.1) is 24.3 Å². The SMILES string of the molecule is CCC(=O)NC(=O)CN1C(=O)c2cccc(NCCCCCCCC(=O)c3cn(-c4csc(N5CCOCC5)n4)cn3)c2C1=O. The summed E-state index contributed by atoms with van der Waals surface area (Å²) in [6.07, 6.45) is 8.34. The van der Waals surface area contributed by atoms with Gasteiger partial charge in [-0.3, -0.25) is 38.8 Å². The predicted octanol–water partition coefficient (Wildman–Crippen LogP) is 3.45. The van der Waals surface area contributed by atoms with E-state index in [4.69, 9.17) is 9.72 Å². The lowest BCUT2D eigenvalue weighted by Crippen LogP contribution is -2.42. The molecule has 14 heteroatoms.